The Hall–Kier alpha value is -2.62. The lowest BCUT2D eigenvalue weighted by molar-refractivity contribution is 0.681. The van der Waals surface area contributed by atoms with Crippen LogP contribution < -0.4 is 0 Å². The number of hydrogen-bond donors (Lipinski definition) is 0. The third-order valence-electron chi connectivity index (χ3n) is 4.78. The molecule has 1 unspecified atom stereocenters. The third-order valence-corrected chi connectivity index (χ3v) is 7.45. The van der Waals surface area contributed by atoms with Gasteiger partial charge in [-0.25, -0.2) is 4.21 Å². The Bertz CT molecular complexity index is 1100. The molecule has 4 aromatic carbocycles. The van der Waals surface area contributed by atoms with Crippen LogP contribution in [0.4, 0.5) is 0 Å². The topological polar surface area (TPSA) is 17.1 Å². The summed E-state index contributed by atoms with van der Waals surface area (Å²) in [6.45, 7) is 2.16. The first-order valence-electron chi connectivity index (χ1n) is 9.67. The fourth-order valence-electron chi connectivity index (χ4n) is 3.13. The SMILES string of the molecule is CCc1ccc(-c2ccc(S(=O)c3ccccc3Sc3ccccc3)cc2)cc1. The maximum Gasteiger partial charge on any atom is 0.0861 e. The summed E-state index contributed by atoms with van der Waals surface area (Å²) in [6, 6.07) is 34.8. The molecule has 3 heteroatoms. The van der Waals surface area contributed by atoms with Crippen molar-refractivity contribution in [2.75, 3.05) is 0 Å². The van der Waals surface area contributed by atoms with Crippen LogP contribution in [0.5, 0.6) is 0 Å². The van der Waals surface area contributed by atoms with Crippen LogP contribution in [0.15, 0.2) is 123 Å². The summed E-state index contributed by atoms with van der Waals surface area (Å²) in [6.07, 6.45) is 1.04. The molecule has 0 fully saturated rings. The normalized spacial score (nSPS) is 11.9. The van der Waals surface area contributed by atoms with E-state index in [1.54, 1.807) is 11.8 Å². The van der Waals surface area contributed by atoms with E-state index in [1.807, 2.05) is 54.6 Å². The summed E-state index contributed by atoms with van der Waals surface area (Å²) in [4.78, 5) is 3.83. The molecule has 0 aliphatic heterocycles. The van der Waals surface area contributed by atoms with Gasteiger partial charge >= 0.3 is 0 Å². The Morgan fingerprint density at radius 3 is 1.93 bits per heavy atom. The van der Waals surface area contributed by atoms with Crippen molar-refractivity contribution >= 4 is 22.6 Å². The number of aryl methyl sites for hydroxylation is 1. The van der Waals surface area contributed by atoms with E-state index in [0.29, 0.717) is 0 Å². The number of rotatable bonds is 6. The Kier molecular flexibility index (Phi) is 6.28. The quantitative estimate of drug-likeness (QED) is 0.331. The molecule has 1 atom stereocenters. The molecular weight excluding hydrogens is 392 g/mol. The molecule has 0 aliphatic rings. The van der Waals surface area contributed by atoms with Crippen LogP contribution in [0.3, 0.4) is 0 Å². The van der Waals surface area contributed by atoms with Gasteiger partial charge in [-0.05, 0) is 59.5 Å². The average Bonchev–Trinajstić information content (AvgIpc) is 2.80. The van der Waals surface area contributed by atoms with Crippen molar-refractivity contribution in [3.05, 3.63) is 109 Å². The van der Waals surface area contributed by atoms with Crippen molar-refractivity contribution in [1.82, 2.24) is 0 Å². The van der Waals surface area contributed by atoms with E-state index >= 15 is 0 Å². The smallest absolute Gasteiger partial charge is 0.0861 e. The molecular formula is C26H22OS2. The summed E-state index contributed by atoms with van der Waals surface area (Å²) < 4.78 is 13.3. The van der Waals surface area contributed by atoms with Crippen molar-refractivity contribution in [2.45, 2.75) is 32.9 Å². The monoisotopic (exact) mass is 414 g/mol. The number of benzene rings is 4. The second kappa shape index (κ2) is 9.25. The second-order valence-corrected chi connectivity index (χ2v) is 9.27. The van der Waals surface area contributed by atoms with Crippen LogP contribution in [-0.4, -0.2) is 4.21 Å². The minimum absolute atomic E-state index is 0.819. The lowest BCUT2D eigenvalue weighted by atomic mass is 10.0. The van der Waals surface area contributed by atoms with Crippen molar-refractivity contribution < 1.29 is 4.21 Å². The minimum Gasteiger partial charge on any atom is -0.249 e. The highest BCUT2D eigenvalue weighted by Crippen LogP contribution is 2.34. The second-order valence-electron chi connectivity index (χ2n) is 6.71. The van der Waals surface area contributed by atoms with Crippen LogP contribution in [0.2, 0.25) is 0 Å². The Morgan fingerprint density at radius 1 is 0.690 bits per heavy atom. The van der Waals surface area contributed by atoms with Gasteiger partial charge in [-0.15, -0.1) is 0 Å². The van der Waals surface area contributed by atoms with Crippen LogP contribution in [0.25, 0.3) is 11.1 Å². The molecule has 0 N–H and O–H groups in total. The van der Waals surface area contributed by atoms with Gasteiger partial charge < -0.3 is 0 Å². The van der Waals surface area contributed by atoms with Crippen molar-refractivity contribution in [1.29, 1.82) is 0 Å². The van der Waals surface area contributed by atoms with E-state index in [4.69, 9.17) is 0 Å². The Morgan fingerprint density at radius 2 is 1.28 bits per heavy atom. The van der Waals surface area contributed by atoms with E-state index < -0.39 is 10.8 Å². The van der Waals surface area contributed by atoms with Crippen molar-refractivity contribution in [3.8, 4) is 11.1 Å². The summed E-state index contributed by atoms with van der Waals surface area (Å²) in [7, 11) is -1.22. The van der Waals surface area contributed by atoms with Gasteiger partial charge in [0, 0.05) is 14.7 Å². The first-order chi connectivity index (χ1) is 14.2. The lowest BCUT2D eigenvalue weighted by Gasteiger charge is -2.10. The van der Waals surface area contributed by atoms with Gasteiger partial charge in [-0.3, -0.25) is 0 Å². The predicted molar refractivity (Wildman–Crippen MR) is 123 cm³/mol. The summed E-state index contributed by atoms with van der Waals surface area (Å²) in [5.41, 5.74) is 3.65. The fourth-order valence-corrected chi connectivity index (χ4v) is 5.44. The molecule has 0 aliphatic carbocycles. The van der Waals surface area contributed by atoms with Gasteiger partial charge in [-0.2, -0.15) is 0 Å². The van der Waals surface area contributed by atoms with Gasteiger partial charge in [0.2, 0.25) is 0 Å². The van der Waals surface area contributed by atoms with E-state index in [1.165, 1.54) is 11.1 Å². The zero-order valence-corrected chi connectivity index (χ0v) is 17.9. The van der Waals surface area contributed by atoms with Gasteiger partial charge in [0.25, 0.3) is 0 Å². The fraction of sp³-hybridized carbons (Fsp3) is 0.0769. The zero-order chi connectivity index (χ0) is 20.1. The highest BCUT2D eigenvalue weighted by atomic mass is 32.2. The molecule has 0 spiro atoms. The molecule has 1 nitrogen and oxygen atoms in total. The molecule has 4 rings (SSSR count). The number of hydrogen-bond acceptors (Lipinski definition) is 2. The van der Waals surface area contributed by atoms with Crippen molar-refractivity contribution in [3.63, 3.8) is 0 Å². The van der Waals surface area contributed by atoms with E-state index in [2.05, 4.69) is 55.5 Å². The molecule has 0 radical (unpaired) electrons. The maximum atomic E-state index is 13.3. The molecule has 0 saturated heterocycles. The highest BCUT2D eigenvalue weighted by Gasteiger charge is 2.13. The van der Waals surface area contributed by atoms with Crippen LogP contribution >= 0.6 is 11.8 Å². The molecule has 0 aromatic heterocycles. The first-order valence-corrected chi connectivity index (χ1v) is 11.6. The van der Waals surface area contributed by atoms with Gasteiger partial charge in [0.1, 0.15) is 0 Å². The van der Waals surface area contributed by atoms with Gasteiger partial charge in [0.05, 0.1) is 15.7 Å². The summed E-state index contributed by atoms with van der Waals surface area (Å²) in [5.74, 6) is 0. The van der Waals surface area contributed by atoms with E-state index in [9.17, 15) is 4.21 Å². The summed E-state index contributed by atoms with van der Waals surface area (Å²) >= 11 is 1.65. The molecule has 0 heterocycles. The minimum atomic E-state index is -1.22. The standard InChI is InChI=1S/C26H22OS2/c1-2-20-12-14-21(15-13-20)22-16-18-24(19-17-22)29(27)26-11-7-6-10-25(26)28-23-8-4-3-5-9-23/h3-19H,2H2,1H3. The largest absolute Gasteiger partial charge is 0.249 e. The molecule has 144 valence electrons. The highest BCUT2D eigenvalue weighted by molar-refractivity contribution is 8.00. The Balaban J connectivity index is 1.58. The lowest BCUT2D eigenvalue weighted by Crippen LogP contribution is -1.95. The summed E-state index contributed by atoms with van der Waals surface area (Å²) in [5, 5.41) is 0. The molecule has 4 aromatic rings. The average molecular weight is 415 g/mol. The zero-order valence-electron chi connectivity index (χ0n) is 16.2. The molecule has 0 bridgehead atoms. The van der Waals surface area contributed by atoms with Crippen molar-refractivity contribution in [2.24, 2.45) is 0 Å². The molecule has 29 heavy (non-hydrogen) atoms. The molecule has 0 saturated carbocycles. The maximum absolute atomic E-state index is 13.3. The van der Waals surface area contributed by atoms with Crippen LogP contribution in [-0.2, 0) is 17.2 Å². The first kappa shape index (κ1) is 19.7. The van der Waals surface area contributed by atoms with Crippen LogP contribution in [0, 0.1) is 0 Å². The molecule has 0 amide bonds. The predicted octanol–water partition coefficient (Wildman–Crippen LogP) is 7.23. The van der Waals surface area contributed by atoms with Crippen LogP contribution in [0.1, 0.15) is 12.5 Å². The van der Waals surface area contributed by atoms with Gasteiger partial charge in [-0.1, -0.05) is 85.4 Å². The third kappa shape index (κ3) is 4.69. The Labute approximate surface area is 179 Å². The van der Waals surface area contributed by atoms with E-state index in [0.717, 1.165) is 31.6 Å². The van der Waals surface area contributed by atoms with E-state index in [-0.39, 0.29) is 0 Å². The van der Waals surface area contributed by atoms with Gasteiger partial charge in [0.15, 0.2) is 0 Å².